The van der Waals surface area contributed by atoms with Gasteiger partial charge in [-0.15, -0.1) is 0 Å². The van der Waals surface area contributed by atoms with E-state index in [4.69, 9.17) is 4.74 Å². The first-order valence-electron chi connectivity index (χ1n) is 7.98. The summed E-state index contributed by atoms with van der Waals surface area (Å²) >= 11 is 0. The summed E-state index contributed by atoms with van der Waals surface area (Å²) in [6.07, 6.45) is 3.20. The number of aryl methyl sites for hydroxylation is 1. The first kappa shape index (κ1) is 14.8. The van der Waals surface area contributed by atoms with Crippen LogP contribution in [0.4, 0.5) is 0 Å². The molecule has 0 radical (unpaired) electrons. The zero-order valence-electron chi connectivity index (χ0n) is 13.4. The Kier molecular flexibility index (Phi) is 3.74. The van der Waals surface area contributed by atoms with Crippen molar-refractivity contribution in [1.29, 1.82) is 0 Å². The largest absolute Gasteiger partial charge is 0.367 e. The van der Waals surface area contributed by atoms with Crippen molar-refractivity contribution in [2.45, 2.75) is 13.0 Å². The lowest BCUT2D eigenvalue weighted by molar-refractivity contribution is -0.0264. The van der Waals surface area contributed by atoms with Crippen molar-refractivity contribution >= 4 is 16.8 Å². The predicted molar refractivity (Wildman–Crippen MR) is 89.7 cm³/mol. The van der Waals surface area contributed by atoms with Gasteiger partial charge < -0.3 is 14.6 Å². The Bertz CT molecular complexity index is 889. The molecule has 1 atom stereocenters. The Hall–Kier alpha value is -2.73. The Labute approximate surface area is 139 Å². The molecule has 6 heteroatoms. The lowest BCUT2D eigenvalue weighted by Gasteiger charge is -2.32. The lowest BCUT2D eigenvalue weighted by atomic mass is 10.1. The molecule has 1 fully saturated rings. The minimum atomic E-state index is -0.218. The van der Waals surface area contributed by atoms with Gasteiger partial charge in [-0.1, -0.05) is 18.2 Å². The Morgan fingerprint density at radius 2 is 2.17 bits per heavy atom. The highest BCUT2D eigenvalue weighted by atomic mass is 16.5. The zero-order chi connectivity index (χ0) is 16.5. The van der Waals surface area contributed by atoms with Crippen molar-refractivity contribution in [2.75, 3.05) is 19.7 Å². The van der Waals surface area contributed by atoms with Crippen LogP contribution in [0.25, 0.3) is 10.9 Å². The number of H-pyrrole nitrogens is 1. The van der Waals surface area contributed by atoms with Crippen molar-refractivity contribution in [3.05, 3.63) is 59.8 Å². The van der Waals surface area contributed by atoms with Crippen LogP contribution in [-0.4, -0.2) is 45.5 Å². The summed E-state index contributed by atoms with van der Waals surface area (Å²) in [5.41, 5.74) is 2.47. The number of hydrogen-bond acceptors (Lipinski definition) is 4. The highest BCUT2D eigenvalue weighted by molar-refractivity contribution is 5.97. The number of fused-ring (bicyclic) bond motifs is 1. The lowest BCUT2D eigenvalue weighted by Crippen LogP contribution is -2.42. The third-order valence-corrected chi connectivity index (χ3v) is 4.22. The minimum Gasteiger partial charge on any atom is -0.367 e. The quantitative estimate of drug-likeness (QED) is 0.787. The number of nitrogens with one attached hydrogen (secondary N) is 1. The van der Waals surface area contributed by atoms with Crippen LogP contribution >= 0.6 is 0 Å². The van der Waals surface area contributed by atoms with Gasteiger partial charge in [0.2, 0.25) is 0 Å². The summed E-state index contributed by atoms with van der Waals surface area (Å²) in [6.45, 7) is 3.50. The molecular formula is C18H18N4O2. The second-order valence-corrected chi connectivity index (χ2v) is 5.98. The van der Waals surface area contributed by atoms with Crippen LogP contribution in [0.3, 0.4) is 0 Å². The van der Waals surface area contributed by atoms with Gasteiger partial charge in [0.05, 0.1) is 24.2 Å². The number of hydrogen-bond donors (Lipinski definition) is 1. The molecule has 1 aromatic carbocycles. The first-order chi connectivity index (χ1) is 11.7. The number of morpholine rings is 1. The molecule has 1 amide bonds. The second kappa shape index (κ2) is 6.05. The standard InChI is InChI=1S/C18H18N4O2/c1-12-9-20-17(21-12)16-11-22(6-7-24-16)18(23)14-8-13-4-2-3-5-15(13)19-10-14/h2-5,8-10,16H,6-7,11H2,1H3,(H,20,21)/t16-/m1/s1. The van der Waals surface area contributed by atoms with Crippen molar-refractivity contribution < 1.29 is 9.53 Å². The van der Waals surface area contributed by atoms with Gasteiger partial charge in [0.15, 0.2) is 0 Å². The molecule has 0 spiro atoms. The molecule has 0 bridgehead atoms. The molecule has 0 unspecified atom stereocenters. The molecule has 1 N–H and O–H groups in total. The number of benzene rings is 1. The molecule has 1 aliphatic heterocycles. The van der Waals surface area contributed by atoms with Gasteiger partial charge in [-0.3, -0.25) is 9.78 Å². The normalized spacial score (nSPS) is 18.0. The monoisotopic (exact) mass is 322 g/mol. The number of para-hydroxylation sites is 1. The van der Waals surface area contributed by atoms with Crippen LogP contribution in [0.2, 0.25) is 0 Å². The van der Waals surface area contributed by atoms with E-state index in [1.807, 2.05) is 37.3 Å². The second-order valence-electron chi connectivity index (χ2n) is 5.98. The number of carbonyl (C=O) groups excluding carboxylic acids is 1. The van der Waals surface area contributed by atoms with Gasteiger partial charge in [-0.05, 0) is 19.1 Å². The summed E-state index contributed by atoms with van der Waals surface area (Å²) in [6, 6.07) is 9.68. The van der Waals surface area contributed by atoms with Gasteiger partial charge in [-0.2, -0.15) is 0 Å². The molecule has 3 aromatic rings. The molecule has 0 aliphatic carbocycles. The van der Waals surface area contributed by atoms with E-state index >= 15 is 0 Å². The number of ether oxygens (including phenoxy) is 1. The van der Waals surface area contributed by atoms with Crippen LogP contribution < -0.4 is 0 Å². The molecule has 1 aliphatic rings. The summed E-state index contributed by atoms with van der Waals surface area (Å²) in [4.78, 5) is 26.5. The molecular weight excluding hydrogens is 304 g/mol. The van der Waals surface area contributed by atoms with E-state index in [0.717, 1.165) is 22.4 Å². The van der Waals surface area contributed by atoms with E-state index in [9.17, 15) is 4.79 Å². The molecule has 6 nitrogen and oxygen atoms in total. The molecule has 24 heavy (non-hydrogen) atoms. The van der Waals surface area contributed by atoms with Gasteiger partial charge in [-0.25, -0.2) is 4.98 Å². The van der Waals surface area contributed by atoms with E-state index in [2.05, 4.69) is 15.0 Å². The fourth-order valence-electron chi connectivity index (χ4n) is 2.97. The highest BCUT2D eigenvalue weighted by Crippen LogP contribution is 2.22. The first-order valence-corrected chi connectivity index (χ1v) is 7.98. The minimum absolute atomic E-state index is 0.0233. The fourth-order valence-corrected chi connectivity index (χ4v) is 2.97. The SMILES string of the molecule is Cc1cnc([C@H]2CN(C(=O)c3cnc4ccccc4c3)CCO2)[nH]1. The van der Waals surface area contributed by atoms with Crippen LogP contribution in [0.1, 0.15) is 28.0 Å². The van der Waals surface area contributed by atoms with E-state index in [0.29, 0.717) is 25.3 Å². The smallest absolute Gasteiger partial charge is 0.255 e. The van der Waals surface area contributed by atoms with E-state index in [1.54, 1.807) is 17.3 Å². The average Bonchev–Trinajstić information content (AvgIpc) is 3.07. The maximum absolute atomic E-state index is 12.8. The highest BCUT2D eigenvalue weighted by Gasteiger charge is 2.28. The number of rotatable bonds is 2. The van der Waals surface area contributed by atoms with Crippen molar-refractivity contribution in [3.8, 4) is 0 Å². The van der Waals surface area contributed by atoms with Gasteiger partial charge >= 0.3 is 0 Å². The Morgan fingerprint density at radius 3 is 3.00 bits per heavy atom. The van der Waals surface area contributed by atoms with Gasteiger partial charge in [0, 0.05) is 30.0 Å². The van der Waals surface area contributed by atoms with Gasteiger partial charge in [0.25, 0.3) is 5.91 Å². The maximum Gasteiger partial charge on any atom is 0.255 e. The maximum atomic E-state index is 12.8. The molecule has 2 aromatic heterocycles. The zero-order valence-corrected chi connectivity index (χ0v) is 13.4. The van der Waals surface area contributed by atoms with E-state index in [1.165, 1.54) is 0 Å². The number of nitrogens with zero attached hydrogens (tertiary/aromatic N) is 3. The molecule has 4 rings (SSSR count). The van der Waals surface area contributed by atoms with E-state index in [-0.39, 0.29) is 12.0 Å². The number of aromatic nitrogens is 3. The Balaban J connectivity index is 1.56. The summed E-state index contributed by atoms with van der Waals surface area (Å²) in [5.74, 6) is 0.742. The molecule has 1 saturated heterocycles. The average molecular weight is 322 g/mol. The number of carbonyl (C=O) groups is 1. The number of imidazole rings is 1. The number of amides is 1. The number of pyridine rings is 1. The third kappa shape index (κ3) is 2.76. The molecule has 3 heterocycles. The summed E-state index contributed by atoms with van der Waals surface area (Å²) in [5, 5.41) is 0.967. The van der Waals surface area contributed by atoms with Crippen molar-refractivity contribution in [1.82, 2.24) is 19.9 Å². The summed E-state index contributed by atoms with van der Waals surface area (Å²) in [7, 11) is 0. The van der Waals surface area contributed by atoms with Crippen LogP contribution in [0.15, 0.2) is 42.7 Å². The molecule has 122 valence electrons. The van der Waals surface area contributed by atoms with Crippen LogP contribution in [0, 0.1) is 6.92 Å². The summed E-state index contributed by atoms with van der Waals surface area (Å²) < 4.78 is 5.76. The van der Waals surface area contributed by atoms with Gasteiger partial charge in [0.1, 0.15) is 11.9 Å². The predicted octanol–water partition coefficient (Wildman–Crippen LogP) is 2.48. The topological polar surface area (TPSA) is 71.1 Å². The van der Waals surface area contributed by atoms with Crippen molar-refractivity contribution in [3.63, 3.8) is 0 Å². The Morgan fingerprint density at radius 1 is 1.29 bits per heavy atom. The molecule has 0 saturated carbocycles. The third-order valence-electron chi connectivity index (χ3n) is 4.22. The van der Waals surface area contributed by atoms with Crippen LogP contribution in [-0.2, 0) is 4.74 Å². The number of aromatic amines is 1. The van der Waals surface area contributed by atoms with Crippen LogP contribution in [0.5, 0.6) is 0 Å². The van der Waals surface area contributed by atoms with Crippen molar-refractivity contribution in [2.24, 2.45) is 0 Å². The fraction of sp³-hybridized carbons (Fsp3) is 0.278. The van der Waals surface area contributed by atoms with E-state index < -0.39 is 0 Å².